The first-order valence-electron chi connectivity index (χ1n) is 28.1. The maximum atomic E-state index is 15.3. The zero-order chi connectivity index (χ0) is 61.3. The molecule has 24 nitrogen and oxygen atoms in total. The summed E-state index contributed by atoms with van der Waals surface area (Å²) in [5, 5.41) is 68.6. The molecule has 2 heterocycles. The van der Waals surface area contributed by atoms with E-state index in [1.165, 1.54) is 26.1 Å². The van der Waals surface area contributed by atoms with Crippen molar-refractivity contribution in [2.75, 3.05) is 46.5 Å². The van der Waals surface area contributed by atoms with Crippen molar-refractivity contribution in [3.8, 4) is 22.6 Å². The molecule has 4 bridgehead atoms. The van der Waals surface area contributed by atoms with Crippen LogP contribution in [0.25, 0.3) is 11.1 Å². The lowest BCUT2D eigenvalue weighted by Gasteiger charge is -2.40. The van der Waals surface area contributed by atoms with E-state index >= 15 is 4.79 Å². The van der Waals surface area contributed by atoms with Crippen molar-refractivity contribution in [1.29, 1.82) is 0 Å². The van der Waals surface area contributed by atoms with Crippen molar-refractivity contribution in [2.24, 2.45) is 0 Å². The fourth-order valence-electron chi connectivity index (χ4n) is 9.46. The number of carbonyl (C=O) groups excluding carboxylic acids is 6. The minimum atomic E-state index is -1.71. The first-order chi connectivity index (χ1) is 39.1. The average molecular weight is 1160 g/mol. The second-order valence-electron chi connectivity index (χ2n) is 22.8. The lowest BCUT2D eigenvalue weighted by atomic mass is 9.93. The molecular weight excluding hydrogens is 1080 g/mol. The molecule has 3 aromatic carbocycles. The first kappa shape index (κ1) is 66.7. The van der Waals surface area contributed by atoms with Crippen LogP contribution in [0.5, 0.6) is 11.5 Å². The molecule has 0 aliphatic carbocycles. The molecule has 0 radical (unpaired) electrons. The van der Waals surface area contributed by atoms with E-state index in [9.17, 15) is 54.3 Å². The summed E-state index contributed by atoms with van der Waals surface area (Å²) in [5.74, 6) is -4.23. The number of benzene rings is 3. The van der Waals surface area contributed by atoms with Crippen LogP contribution in [-0.2, 0) is 46.2 Å². The van der Waals surface area contributed by atoms with Gasteiger partial charge in [-0.3, -0.25) is 19.2 Å². The summed E-state index contributed by atoms with van der Waals surface area (Å²) in [5.41, 5.74) is 1.47. The van der Waals surface area contributed by atoms with Gasteiger partial charge >= 0.3 is 18.2 Å². The van der Waals surface area contributed by atoms with Gasteiger partial charge in [-0.1, -0.05) is 50.5 Å². The van der Waals surface area contributed by atoms with Crippen LogP contribution < -0.4 is 41.4 Å². The van der Waals surface area contributed by atoms with E-state index in [1.807, 2.05) is 12.1 Å². The molecule has 2 aliphatic heterocycles. The predicted octanol–water partition coefficient (Wildman–Crippen LogP) is 3.30. The van der Waals surface area contributed by atoms with Crippen LogP contribution in [0, 0.1) is 6.92 Å². The zero-order valence-corrected chi connectivity index (χ0v) is 49.2. The highest BCUT2D eigenvalue weighted by molar-refractivity contribution is 6.00. The van der Waals surface area contributed by atoms with Gasteiger partial charge in [0.15, 0.2) is 6.29 Å². The number of ether oxygens (including phenoxy) is 5. The highest BCUT2D eigenvalue weighted by Crippen LogP contribution is 2.40. The number of alkyl carbamates (subject to hydrolysis) is 2. The molecule has 2 aliphatic rings. The predicted molar refractivity (Wildman–Crippen MR) is 304 cm³/mol. The largest absolute Gasteiger partial charge is 0.491 e. The second-order valence-corrected chi connectivity index (χ2v) is 22.8. The van der Waals surface area contributed by atoms with Crippen LogP contribution in [0.1, 0.15) is 126 Å². The molecule has 0 aromatic heterocycles. The number of fused-ring (bicyclic) bond motifs is 5. The summed E-state index contributed by atoms with van der Waals surface area (Å²) in [6.07, 6.45) is -3.11. The van der Waals surface area contributed by atoms with Gasteiger partial charge in [-0.2, -0.15) is 0 Å². The molecule has 5 rings (SSSR count). The minimum absolute atomic E-state index is 0.0186. The van der Waals surface area contributed by atoms with Crippen LogP contribution >= 0.6 is 0 Å². The van der Waals surface area contributed by atoms with Crippen molar-refractivity contribution >= 4 is 41.8 Å². The van der Waals surface area contributed by atoms with Gasteiger partial charge in [0.1, 0.15) is 78.4 Å². The number of carboxylic acid groups (broad SMARTS) is 1. The van der Waals surface area contributed by atoms with E-state index in [-0.39, 0.29) is 79.4 Å². The van der Waals surface area contributed by atoms with Crippen LogP contribution in [-0.4, -0.2) is 179 Å². The minimum Gasteiger partial charge on any atom is -0.491 e. The van der Waals surface area contributed by atoms with E-state index in [0.29, 0.717) is 11.1 Å². The van der Waals surface area contributed by atoms with Crippen molar-refractivity contribution in [3.63, 3.8) is 0 Å². The highest BCUT2D eigenvalue weighted by Gasteiger charge is 2.44. The first-order valence-corrected chi connectivity index (χ1v) is 28.1. The molecule has 83 heavy (non-hydrogen) atoms. The number of nitrogens with one attached hydrogen (secondary N) is 6. The fraction of sp³-hybridized carbons (Fsp3) is 0.576. The number of aliphatic hydroxyl groups excluding tert-OH is 4. The molecule has 458 valence electrons. The number of nitrogens with zero attached hydrogens (tertiary/aromatic N) is 1. The van der Waals surface area contributed by atoms with E-state index < -0.39 is 114 Å². The van der Waals surface area contributed by atoms with Crippen molar-refractivity contribution < 1.29 is 82.8 Å². The molecule has 0 saturated carbocycles. The molecule has 3 aromatic rings. The van der Waals surface area contributed by atoms with Crippen molar-refractivity contribution in [2.45, 2.75) is 173 Å². The maximum absolute atomic E-state index is 15.3. The Morgan fingerprint density at radius 3 is 1.98 bits per heavy atom. The highest BCUT2D eigenvalue weighted by atomic mass is 16.6. The fourth-order valence-corrected chi connectivity index (χ4v) is 9.46. The third-order valence-electron chi connectivity index (χ3n) is 13.7. The smallest absolute Gasteiger partial charge is 0.407 e. The Bertz CT molecular complexity index is 2730. The van der Waals surface area contributed by atoms with Gasteiger partial charge in [0.25, 0.3) is 5.91 Å². The van der Waals surface area contributed by atoms with Crippen LogP contribution in [0.15, 0.2) is 54.6 Å². The van der Waals surface area contributed by atoms with E-state index in [0.717, 1.165) is 42.6 Å². The lowest BCUT2D eigenvalue weighted by molar-refractivity contribution is -0.254. The third-order valence-corrected chi connectivity index (χ3v) is 13.7. The van der Waals surface area contributed by atoms with E-state index in [4.69, 9.17) is 23.7 Å². The van der Waals surface area contributed by atoms with Gasteiger partial charge in [0, 0.05) is 30.2 Å². The van der Waals surface area contributed by atoms with Crippen molar-refractivity contribution in [3.05, 3.63) is 82.4 Å². The molecular formula is C59H85N7O17. The summed E-state index contributed by atoms with van der Waals surface area (Å²) < 4.78 is 28.7. The van der Waals surface area contributed by atoms with Crippen LogP contribution in [0.4, 0.5) is 9.59 Å². The Kier molecular flexibility index (Phi) is 24.5. The number of carbonyl (C=O) groups is 7. The molecule has 0 unspecified atom stereocenters. The lowest BCUT2D eigenvalue weighted by Crippen LogP contribution is -2.63. The van der Waals surface area contributed by atoms with Gasteiger partial charge in [-0.05, 0) is 134 Å². The van der Waals surface area contributed by atoms with Crippen LogP contribution in [0.2, 0.25) is 0 Å². The second kappa shape index (κ2) is 30.5. The topological polar surface area (TPSA) is 342 Å². The molecule has 0 spiro atoms. The number of amides is 6. The van der Waals surface area contributed by atoms with Gasteiger partial charge in [-0.15, -0.1) is 0 Å². The van der Waals surface area contributed by atoms with Crippen molar-refractivity contribution in [1.82, 2.24) is 36.8 Å². The Labute approximate surface area is 484 Å². The molecule has 1 saturated heterocycles. The summed E-state index contributed by atoms with van der Waals surface area (Å²) in [6.45, 7) is 14.4. The summed E-state index contributed by atoms with van der Waals surface area (Å²) in [4.78, 5) is 97.5. The molecule has 1 fully saturated rings. The monoisotopic (exact) mass is 1160 g/mol. The molecule has 24 heteroatoms. The Balaban J connectivity index is 1.62. The normalized spacial score (nSPS) is 21.4. The van der Waals surface area contributed by atoms with Gasteiger partial charge < -0.3 is 86.0 Å². The number of aliphatic carboxylic acids is 1. The van der Waals surface area contributed by atoms with E-state index in [1.54, 1.807) is 78.8 Å². The maximum Gasteiger partial charge on any atom is 0.407 e. The number of aliphatic hydroxyl groups is 4. The SMILES string of the molecule is CCCCCCc1ccc(C(=O)N[C@@H](CCN[C@@H]2[C@@H](O)[C@H](O)[C@@H](CO)O[C@@H]2O)C(=O)N(C)[C@@H]2C(=O)N[C@@H](C)C(=O)N[C@H](C(=O)O)Cc3ccc(OCCNC(=O)OC(C)(C)C)c(c3)-c3cc2ccc3OCCNC(=O)OC(C)(C)C)c(C)c1. The van der Waals surface area contributed by atoms with Crippen LogP contribution in [0.3, 0.4) is 0 Å². The molecule has 9 atom stereocenters. The summed E-state index contributed by atoms with van der Waals surface area (Å²) >= 11 is 0. The summed E-state index contributed by atoms with van der Waals surface area (Å²) in [7, 11) is 1.32. The van der Waals surface area contributed by atoms with E-state index in [2.05, 4.69) is 38.8 Å². The number of aryl methyl sites for hydroxylation is 2. The number of hydrogen-bond acceptors (Lipinski definition) is 17. The number of rotatable bonds is 23. The molecule has 6 amide bonds. The average Bonchev–Trinajstić information content (AvgIpc) is 3.13. The van der Waals surface area contributed by atoms with Gasteiger partial charge in [-0.25, -0.2) is 14.4 Å². The Morgan fingerprint density at radius 2 is 1.40 bits per heavy atom. The van der Waals surface area contributed by atoms with Gasteiger partial charge in [0.2, 0.25) is 17.7 Å². The number of hydrogen-bond donors (Lipinski definition) is 11. The standard InChI is InChI=1S/C59H85N7O17/c1-11-12-13-14-15-35-16-19-38(33(2)28-35)51(71)64-41(22-23-60-46-49(69)48(68)45(32-67)81-55(46)76)53(73)66(10)47-37-18-21-44(80-27-25-62-57(78)83-59(7,8)9)40(31-37)39-29-36(30-42(54(74)75)65-50(70)34(3)63-52(47)72)17-20-43(39)79-26-24-61-56(77)82-58(4,5)6/h16-21,28-29,31,34,41-42,45-49,55,60,67-69,76H,11-15,22-27,30,32H2,1-10H3,(H,61,77)(H,62,78)(H,63,72)(H,64,71)(H,65,70)(H,74,75)/t34-,41-,42-,45+,46+,47-,48+,49+,55-/m0/s1. The summed E-state index contributed by atoms with van der Waals surface area (Å²) in [6, 6.07) is 7.56. The Morgan fingerprint density at radius 1 is 0.783 bits per heavy atom. The Hall–Kier alpha value is -7.09. The third kappa shape index (κ3) is 19.8. The number of carboxylic acids is 1. The number of unbranched alkanes of at least 4 members (excludes halogenated alkanes) is 3. The number of likely N-dealkylation sites (N-methyl/N-ethyl adjacent to an activating group) is 1. The molecule has 11 N–H and O–H groups in total. The quantitative estimate of drug-likeness (QED) is 0.0607. The zero-order valence-electron chi connectivity index (χ0n) is 49.2. The van der Waals surface area contributed by atoms with Gasteiger partial charge in [0.05, 0.1) is 25.7 Å².